The molecule has 114 valence electrons. The fraction of sp³-hybridized carbons (Fsp3) is 0.133. The van der Waals surface area contributed by atoms with E-state index in [0.717, 1.165) is 4.47 Å². The summed E-state index contributed by atoms with van der Waals surface area (Å²) in [6.45, 7) is 0.104. The number of carbonyl (C=O) groups is 1. The summed E-state index contributed by atoms with van der Waals surface area (Å²) in [4.78, 5) is 21.5. The maximum absolute atomic E-state index is 11.0. The first-order valence-electron chi connectivity index (χ1n) is 6.24. The van der Waals surface area contributed by atoms with Gasteiger partial charge in [-0.05, 0) is 29.8 Å². The maximum Gasteiger partial charge on any atom is 0.311 e. The molecule has 0 unspecified atom stereocenters. The van der Waals surface area contributed by atoms with Crippen LogP contribution in [0.2, 0.25) is 0 Å². The van der Waals surface area contributed by atoms with E-state index in [1.807, 2.05) is 0 Å². The van der Waals surface area contributed by atoms with Crippen molar-refractivity contribution >= 4 is 27.9 Å². The normalized spacial score (nSPS) is 10.1. The first-order chi connectivity index (χ1) is 10.5. The summed E-state index contributed by atoms with van der Waals surface area (Å²) in [6.07, 6.45) is 0.691. The number of nitrogens with zero attached hydrogens (tertiary/aromatic N) is 1. The Labute approximate surface area is 134 Å². The zero-order chi connectivity index (χ0) is 16.1. The third-order valence-electron chi connectivity index (χ3n) is 2.93. The van der Waals surface area contributed by atoms with Crippen molar-refractivity contribution in [3.8, 4) is 11.5 Å². The second kappa shape index (κ2) is 7.04. The Morgan fingerprint density at radius 3 is 2.59 bits per heavy atom. The predicted octanol–water partition coefficient (Wildman–Crippen LogP) is 3.76. The van der Waals surface area contributed by atoms with Gasteiger partial charge in [-0.2, -0.15) is 0 Å². The fourth-order valence-corrected chi connectivity index (χ4v) is 2.25. The van der Waals surface area contributed by atoms with Crippen molar-refractivity contribution in [2.45, 2.75) is 6.61 Å². The fourth-order valence-electron chi connectivity index (χ4n) is 1.87. The SMILES string of the molecule is COc1ccc(COc2ccc(Br)cc2C=O)cc1[N+](=O)[O-]. The van der Waals surface area contributed by atoms with Crippen molar-refractivity contribution in [3.05, 3.63) is 62.1 Å². The van der Waals surface area contributed by atoms with Gasteiger partial charge < -0.3 is 9.47 Å². The lowest BCUT2D eigenvalue weighted by atomic mass is 10.2. The number of ether oxygens (including phenoxy) is 2. The van der Waals surface area contributed by atoms with E-state index in [2.05, 4.69) is 15.9 Å². The number of hydrogen-bond donors (Lipinski definition) is 0. The lowest BCUT2D eigenvalue weighted by Gasteiger charge is -2.09. The van der Waals surface area contributed by atoms with E-state index in [1.54, 1.807) is 24.3 Å². The van der Waals surface area contributed by atoms with E-state index in [0.29, 0.717) is 23.2 Å². The Morgan fingerprint density at radius 1 is 1.23 bits per heavy atom. The van der Waals surface area contributed by atoms with E-state index < -0.39 is 4.92 Å². The minimum atomic E-state index is -0.515. The van der Waals surface area contributed by atoms with Gasteiger partial charge in [-0.3, -0.25) is 14.9 Å². The molecular weight excluding hydrogens is 354 g/mol. The van der Waals surface area contributed by atoms with E-state index in [9.17, 15) is 14.9 Å². The molecule has 0 heterocycles. The van der Waals surface area contributed by atoms with Gasteiger partial charge in [-0.15, -0.1) is 0 Å². The smallest absolute Gasteiger partial charge is 0.311 e. The van der Waals surface area contributed by atoms with Crippen molar-refractivity contribution in [2.24, 2.45) is 0 Å². The number of hydrogen-bond acceptors (Lipinski definition) is 5. The summed E-state index contributed by atoms with van der Waals surface area (Å²) in [7, 11) is 1.37. The van der Waals surface area contributed by atoms with Crippen molar-refractivity contribution in [1.29, 1.82) is 0 Å². The van der Waals surface area contributed by atoms with Crippen molar-refractivity contribution in [3.63, 3.8) is 0 Å². The summed E-state index contributed by atoms with van der Waals surface area (Å²) in [5.74, 6) is 0.600. The largest absolute Gasteiger partial charge is 0.490 e. The number of benzene rings is 2. The second-order valence-corrected chi connectivity index (χ2v) is 5.27. The Balaban J connectivity index is 2.20. The van der Waals surface area contributed by atoms with Gasteiger partial charge in [0.2, 0.25) is 0 Å². The molecule has 0 atom stereocenters. The van der Waals surface area contributed by atoms with Crippen molar-refractivity contribution in [1.82, 2.24) is 0 Å². The van der Waals surface area contributed by atoms with Gasteiger partial charge in [0.1, 0.15) is 12.4 Å². The molecule has 0 aliphatic carbocycles. The van der Waals surface area contributed by atoms with E-state index >= 15 is 0 Å². The zero-order valence-corrected chi connectivity index (χ0v) is 13.2. The maximum atomic E-state index is 11.0. The molecule has 2 aromatic rings. The van der Waals surface area contributed by atoms with Crippen LogP contribution in [0, 0.1) is 10.1 Å². The molecule has 0 aliphatic heterocycles. The lowest BCUT2D eigenvalue weighted by Crippen LogP contribution is -2.00. The molecule has 6 nitrogen and oxygen atoms in total. The summed E-state index contributed by atoms with van der Waals surface area (Å²) < 4.78 is 11.3. The molecule has 0 aliphatic rings. The van der Waals surface area contributed by atoms with Gasteiger partial charge >= 0.3 is 5.69 Å². The summed E-state index contributed by atoms with van der Waals surface area (Å²) >= 11 is 3.27. The second-order valence-electron chi connectivity index (χ2n) is 4.35. The zero-order valence-electron chi connectivity index (χ0n) is 11.6. The third kappa shape index (κ3) is 3.62. The Morgan fingerprint density at radius 2 is 1.95 bits per heavy atom. The highest BCUT2D eigenvalue weighted by molar-refractivity contribution is 9.10. The number of rotatable bonds is 6. The first kappa shape index (κ1) is 16.0. The average Bonchev–Trinajstić information content (AvgIpc) is 2.53. The van der Waals surface area contributed by atoms with Crippen molar-refractivity contribution in [2.75, 3.05) is 7.11 Å². The molecular formula is C15H12BrNO5. The van der Waals surface area contributed by atoms with Gasteiger partial charge in [0.05, 0.1) is 17.6 Å². The quantitative estimate of drug-likeness (QED) is 0.442. The number of halogens is 1. The van der Waals surface area contributed by atoms with Crippen LogP contribution in [0.5, 0.6) is 11.5 Å². The van der Waals surface area contributed by atoms with Gasteiger partial charge in [-0.25, -0.2) is 0 Å². The summed E-state index contributed by atoms with van der Waals surface area (Å²) in [6, 6.07) is 9.62. The number of carbonyl (C=O) groups excluding carboxylic acids is 1. The van der Waals surface area contributed by atoms with Gasteiger partial charge in [0, 0.05) is 10.5 Å². The van der Waals surface area contributed by atoms with Gasteiger partial charge in [0.25, 0.3) is 0 Å². The van der Waals surface area contributed by atoms with Crippen LogP contribution >= 0.6 is 15.9 Å². The highest BCUT2D eigenvalue weighted by atomic mass is 79.9. The third-order valence-corrected chi connectivity index (χ3v) is 3.43. The molecule has 0 fully saturated rings. The molecule has 2 aromatic carbocycles. The number of methoxy groups -OCH3 is 1. The molecule has 0 radical (unpaired) electrons. The average molecular weight is 366 g/mol. The van der Waals surface area contributed by atoms with E-state index in [4.69, 9.17) is 9.47 Å². The van der Waals surface area contributed by atoms with Crippen LogP contribution in [0.15, 0.2) is 40.9 Å². The summed E-state index contributed by atoms with van der Waals surface area (Å²) in [5, 5.41) is 11.0. The minimum absolute atomic E-state index is 0.104. The number of aldehydes is 1. The van der Waals surface area contributed by atoms with Crippen LogP contribution in [0.25, 0.3) is 0 Å². The molecule has 0 amide bonds. The van der Waals surface area contributed by atoms with Gasteiger partial charge in [-0.1, -0.05) is 22.0 Å². The number of nitro benzene ring substituents is 1. The molecule has 22 heavy (non-hydrogen) atoms. The Hall–Kier alpha value is -2.41. The Bertz CT molecular complexity index is 717. The molecule has 0 bridgehead atoms. The molecule has 0 aromatic heterocycles. The van der Waals surface area contributed by atoms with Crippen molar-refractivity contribution < 1.29 is 19.2 Å². The lowest BCUT2D eigenvalue weighted by molar-refractivity contribution is -0.385. The Kier molecular flexibility index (Phi) is 5.11. The highest BCUT2D eigenvalue weighted by Crippen LogP contribution is 2.28. The molecule has 0 N–H and O–H groups in total. The summed E-state index contributed by atoms with van der Waals surface area (Å²) in [5.41, 5.74) is 0.875. The van der Waals surface area contributed by atoms with Crippen LogP contribution in [-0.2, 0) is 6.61 Å². The van der Waals surface area contributed by atoms with Crippen LogP contribution in [0.3, 0.4) is 0 Å². The van der Waals surface area contributed by atoms with Crippen LogP contribution < -0.4 is 9.47 Å². The van der Waals surface area contributed by atoms with Crippen LogP contribution in [-0.4, -0.2) is 18.3 Å². The predicted molar refractivity (Wildman–Crippen MR) is 83.5 cm³/mol. The van der Waals surface area contributed by atoms with Gasteiger partial charge in [0.15, 0.2) is 12.0 Å². The first-order valence-corrected chi connectivity index (χ1v) is 7.03. The number of nitro groups is 1. The monoisotopic (exact) mass is 365 g/mol. The van der Waals surface area contributed by atoms with Crippen LogP contribution in [0.1, 0.15) is 15.9 Å². The van der Waals surface area contributed by atoms with E-state index in [-0.39, 0.29) is 18.0 Å². The molecule has 0 saturated carbocycles. The molecule has 0 spiro atoms. The molecule has 0 saturated heterocycles. The van der Waals surface area contributed by atoms with E-state index in [1.165, 1.54) is 19.2 Å². The molecule has 2 rings (SSSR count). The van der Waals surface area contributed by atoms with Crippen LogP contribution in [0.4, 0.5) is 5.69 Å². The standard InChI is InChI=1S/C15H12BrNO5/c1-21-15-4-2-10(6-13(15)17(19)20)9-22-14-5-3-12(16)7-11(14)8-18/h2-8H,9H2,1H3. The molecule has 7 heteroatoms. The minimum Gasteiger partial charge on any atom is -0.490 e. The highest BCUT2D eigenvalue weighted by Gasteiger charge is 2.15. The topological polar surface area (TPSA) is 78.7 Å².